The lowest BCUT2D eigenvalue weighted by molar-refractivity contribution is -0.113. The van der Waals surface area contributed by atoms with Gasteiger partial charge in [0.25, 0.3) is 5.91 Å². The van der Waals surface area contributed by atoms with Gasteiger partial charge in [-0.1, -0.05) is 54.3 Å². The summed E-state index contributed by atoms with van der Waals surface area (Å²) in [4.78, 5) is 17.6. The van der Waals surface area contributed by atoms with Crippen molar-refractivity contribution in [2.75, 3.05) is 22.9 Å². The van der Waals surface area contributed by atoms with E-state index in [0.717, 1.165) is 30.1 Å². The summed E-state index contributed by atoms with van der Waals surface area (Å²) >= 11 is 6.83. The standard InChI is InChI=1S/C26H24N2O2S2/c1-3-27(4-2)20-12-10-19(11-13-20)18-24-25(29)28(26(31)32-24)21-14-16-23(17-15-21)30-22-8-6-5-7-9-22/h5-18H,3-4H2,1-2H3/b24-18-. The van der Waals surface area contributed by atoms with Crippen molar-refractivity contribution in [2.24, 2.45) is 0 Å². The second-order valence-electron chi connectivity index (χ2n) is 7.19. The first kappa shape index (κ1) is 22.1. The molecule has 3 aromatic carbocycles. The van der Waals surface area contributed by atoms with Gasteiger partial charge in [0.2, 0.25) is 0 Å². The molecule has 4 nitrogen and oxygen atoms in total. The number of amides is 1. The third-order valence-electron chi connectivity index (χ3n) is 5.19. The highest BCUT2D eigenvalue weighted by atomic mass is 32.2. The summed E-state index contributed by atoms with van der Waals surface area (Å²) in [5.74, 6) is 1.36. The number of benzene rings is 3. The number of para-hydroxylation sites is 1. The van der Waals surface area contributed by atoms with Crippen LogP contribution in [0.4, 0.5) is 11.4 Å². The van der Waals surface area contributed by atoms with Crippen molar-refractivity contribution in [1.29, 1.82) is 0 Å². The van der Waals surface area contributed by atoms with Crippen molar-refractivity contribution in [2.45, 2.75) is 13.8 Å². The molecule has 1 saturated heterocycles. The average Bonchev–Trinajstić information content (AvgIpc) is 3.09. The zero-order valence-electron chi connectivity index (χ0n) is 18.0. The number of thioether (sulfide) groups is 1. The maximum atomic E-state index is 13.1. The number of ether oxygens (including phenoxy) is 1. The van der Waals surface area contributed by atoms with Crippen molar-refractivity contribution in [3.63, 3.8) is 0 Å². The van der Waals surface area contributed by atoms with E-state index in [1.807, 2.05) is 72.8 Å². The molecule has 162 valence electrons. The van der Waals surface area contributed by atoms with E-state index in [4.69, 9.17) is 17.0 Å². The molecule has 0 saturated carbocycles. The van der Waals surface area contributed by atoms with E-state index in [1.54, 1.807) is 4.90 Å². The second-order valence-corrected chi connectivity index (χ2v) is 8.87. The Balaban J connectivity index is 1.49. The molecule has 1 heterocycles. The van der Waals surface area contributed by atoms with Gasteiger partial charge in [-0.15, -0.1) is 0 Å². The number of hydrogen-bond donors (Lipinski definition) is 0. The lowest BCUT2D eigenvalue weighted by Gasteiger charge is -2.20. The fourth-order valence-corrected chi connectivity index (χ4v) is 4.80. The summed E-state index contributed by atoms with van der Waals surface area (Å²) in [5.41, 5.74) is 2.89. The Morgan fingerprint density at radius 2 is 1.53 bits per heavy atom. The lowest BCUT2D eigenvalue weighted by Crippen LogP contribution is -2.27. The average molecular weight is 461 g/mol. The molecular weight excluding hydrogens is 436 g/mol. The number of hydrogen-bond acceptors (Lipinski definition) is 5. The van der Waals surface area contributed by atoms with Crippen LogP contribution in [0.2, 0.25) is 0 Å². The van der Waals surface area contributed by atoms with Crippen molar-refractivity contribution in [3.05, 3.63) is 89.3 Å². The molecule has 4 rings (SSSR count). The fourth-order valence-electron chi connectivity index (χ4n) is 3.50. The van der Waals surface area contributed by atoms with Crippen molar-refractivity contribution in [3.8, 4) is 11.5 Å². The van der Waals surface area contributed by atoms with Crippen molar-refractivity contribution < 1.29 is 9.53 Å². The van der Waals surface area contributed by atoms with Gasteiger partial charge in [-0.3, -0.25) is 9.69 Å². The number of rotatable bonds is 7. The molecular formula is C26H24N2O2S2. The van der Waals surface area contributed by atoms with Gasteiger partial charge in [-0.25, -0.2) is 0 Å². The summed E-state index contributed by atoms with van der Waals surface area (Å²) in [5, 5.41) is 0. The van der Waals surface area contributed by atoms with Crippen molar-refractivity contribution >= 4 is 51.7 Å². The van der Waals surface area contributed by atoms with Gasteiger partial charge in [-0.05, 0) is 74.0 Å². The molecule has 3 aromatic rings. The second kappa shape index (κ2) is 10.0. The highest BCUT2D eigenvalue weighted by Crippen LogP contribution is 2.37. The Morgan fingerprint density at radius 1 is 0.906 bits per heavy atom. The Kier molecular flexibility index (Phi) is 6.93. The van der Waals surface area contributed by atoms with Crippen LogP contribution in [-0.4, -0.2) is 23.3 Å². The third kappa shape index (κ3) is 4.87. The first-order valence-electron chi connectivity index (χ1n) is 10.5. The molecule has 0 unspecified atom stereocenters. The zero-order valence-corrected chi connectivity index (χ0v) is 19.7. The highest BCUT2D eigenvalue weighted by molar-refractivity contribution is 8.27. The molecule has 0 bridgehead atoms. The van der Waals surface area contributed by atoms with Crippen LogP contribution in [0.25, 0.3) is 6.08 Å². The lowest BCUT2D eigenvalue weighted by atomic mass is 10.1. The minimum absolute atomic E-state index is 0.107. The predicted octanol–water partition coefficient (Wildman–Crippen LogP) is 6.73. The van der Waals surface area contributed by atoms with Crippen LogP contribution in [0, 0.1) is 0 Å². The SMILES string of the molecule is CCN(CC)c1ccc(/C=C2\SC(=S)N(c3ccc(Oc4ccccc4)cc3)C2=O)cc1. The summed E-state index contributed by atoms with van der Waals surface area (Å²) < 4.78 is 6.36. The van der Waals surface area contributed by atoms with E-state index in [9.17, 15) is 4.79 Å². The summed E-state index contributed by atoms with van der Waals surface area (Å²) in [6.45, 7) is 6.21. The number of nitrogens with zero attached hydrogens (tertiary/aromatic N) is 2. The monoisotopic (exact) mass is 460 g/mol. The van der Waals surface area contributed by atoms with Gasteiger partial charge in [-0.2, -0.15) is 0 Å². The first-order chi connectivity index (χ1) is 15.6. The molecule has 6 heteroatoms. The van der Waals surface area contributed by atoms with E-state index in [-0.39, 0.29) is 5.91 Å². The van der Waals surface area contributed by atoms with Crippen LogP contribution >= 0.6 is 24.0 Å². The number of carbonyl (C=O) groups is 1. The molecule has 0 aromatic heterocycles. The van der Waals surface area contributed by atoms with Crippen LogP contribution < -0.4 is 14.5 Å². The molecule has 1 fully saturated rings. The topological polar surface area (TPSA) is 32.8 Å². The van der Waals surface area contributed by atoms with Crippen LogP contribution in [-0.2, 0) is 4.79 Å². The van der Waals surface area contributed by atoms with E-state index in [0.29, 0.717) is 15.0 Å². The molecule has 0 N–H and O–H groups in total. The van der Waals surface area contributed by atoms with Crippen LogP contribution in [0.3, 0.4) is 0 Å². The van der Waals surface area contributed by atoms with E-state index >= 15 is 0 Å². The van der Waals surface area contributed by atoms with E-state index in [1.165, 1.54) is 17.4 Å². The van der Waals surface area contributed by atoms with E-state index in [2.05, 4.69) is 30.9 Å². The van der Waals surface area contributed by atoms with Gasteiger partial charge in [0.15, 0.2) is 4.32 Å². The molecule has 0 spiro atoms. The number of thiocarbonyl (C=S) groups is 1. The van der Waals surface area contributed by atoms with Gasteiger partial charge < -0.3 is 9.64 Å². The largest absolute Gasteiger partial charge is 0.457 e. The van der Waals surface area contributed by atoms with Gasteiger partial charge in [0, 0.05) is 18.8 Å². The van der Waals surface area contributed by atoms with E-state index < -0.39 is 0 Å². The molecule has 0 atom stereocenters. The molecule has 0 aliphatic carbocycles. The van der Waals surface area contributed by atoms with Crippen LogP contribution in [0.5, 0.6) is 11.5 Å². The Hall–Kier alpha value is -3.09. The highest BCUT2D eigenvalue weighted by Gasteiger charge is 2.33. The fraction of sp³-hybridized carbons (Fsp3) is 0.154. The smallest absolute Gasteiger partial charge is 0.270 e. The number of carbonyl (C=O) groups excluding carboxylic acids is 1. The summed E-state index contributed by atoms with van der Waals surface area (Å²) in [7, 11) is 0. The third-order valence-corrected chi connectivity index (χ3v) is 6.49. The summed E-state index contributed by atoms with van der Waals surface area (Å²) in [6, 6.07) is 25.2. The quantitative estimate of drug-likeness (QED) is 0.288. The van der Waals surface area contributed by atoms with Gasteiger partial charge in [0.05, 0.1) is 10.6 Å². The predicted molar refractivity (Wildman–Crippen MR) is 139 cm³/mol. The Labute approximate surface area is 198 Å². The number of anilines is 2. The maximum Gasteiger partial charge on any atom is 0.270 e. The molecule has 0 radical (unpaired) electrons. The minimum Gasteiger partial charge on any atom is -0.457 e. The Bertz CT molecular complexity index is 1120. The van der Waals surface area contributed by atoms with Gasteiger partial charge in [0.1, 0.15) is 11.5 Å². The maximum absolute atomic E-state index is 13.1. The summed E-state index contributed by atoms with van der Waals surface area (Å²) in [6.07, 6.45) is 1.90. The molecule has 1 aliphatic heterocycles. The normalized spacial score (nSPS) is 14.8. The molecule has 1 aliphatic rings. The Morgan fingerprint density at radius 3 is 2.16 bits per heavy atom. The molecule has 32 heavy (non-hydrogen) atoms. The molecule has 1 amide bonds. The minimum atomic E-state index is -0.107. The zero-order chi connectivity index (χ0) is 22.5. The van der Waals surface area contributed by atoms with Crippen LogP contribution in [0.15, 0.2) is 83.8 Å². The van der Waals surface area contributed by atoms with Crippen molar-refractivity contribution in [1.82, 2.24) is 0 Å². The van der Waals surface area contributed by atoms with Crippen LogP contribution in [0.1, 0.15) is 19.4 Å². The van der Waals surface area contributed by atoms with Gasteiger partial charge >= 0.3 is 0 Å². The first-order valence-corrected chi connectivity index (χ1v) is 11.8.